The Kier molecular flexibility index (Phi) is 3.11. The molecule has 0 aliphatic carbocycles. The highest BCUT2D eigenvalue weighted by Crippen LogP contribution is 2.35. The number of carbonyl (C=O) groups excluding carboxylic acids is 1. The molecule has 0 saturated carbocycles. The molecule has 1 aromatic carbocycles. The van der Waals surface area contributed by atoms with Crippen molar-refractivity contribution in [1.82, 2.24) is 4.90 Å². The summed E-state index contributed by atoms with van der Waals surface area (Å²) in [4.78, 5) is 24.8. The fraction of sp³-hybridized carbons (Fsp3) is 0.467. The predicted molar refractivity (Wildman–Crippen MR) is 70.0 cm³/mol. The summed E-state index contributed by atoms with van der Waals surface area (Å²) in [6.07, 6.45) is 3.60. The molecule has 2 aliphatic rings. The molecule has 2 unspecified atom stereocenters. The van der Waals surface area contributed by atoms with Crippen molar-refractivity contribution in [3.8, 4) is 0 Å². The standard InChI is InChI=1S/C15H17NO3/c17-14-7-12-5-6-13(8-14)16(12)9-10-1-3-11(4-2-10)15(18)19/h1-4,12-13H,5-9H2,(H,18,19). The highest BCUT2D eigenvalue weighted by Gasteiger charge is 2.39. The van der Waals surface area contributed by atoms with Gasteiger partial charge >= 0.3 is 5.97 Å². The van der Waals surface area contributed by atoms with E-state index >= 15 is 0 Å². The Hall–Kier alpha value is -1.68. The Morgan fingerprint density at radius 2 is 1.74 bits per heavy atom. The second-order valence-corrected chi connectivity index (χ2v) is 5.51. The molecule has 0 amide bonds. The minimum absolute atomic E-state index is 0.320. The highest BCUT2D eigenvalue weighted by atomic mass is 16.4. The van der Waals surface area contributed by atoms with Gasteiger partial charge in [0, 0.05) is 31.5 Å². The number of ketones is 1. The van der Waals surface area contributed by atoms with Crippen LogP contribution in [0, 0.1) is 0 Å². The first-order chi connectivity index (χ1) is 9.13. The summed E-state index contributed by atoms with van der Waals surface area (Å²) in [5, 5.41) is 8.87. The smallest absolute Gasteiger partial charge is 0.335 e. The van der Waals surface area contributed by atoms with Crippen molar-refractivity contribution in [3.63, 3.8) is 0 Å². The number of benzene rings is 1. The van der Waals surface area contributed by atoms with Gasteiger partial charge in [-0.05, 0) is 30.5 Å². The second-order valence-electron chi connectivity index (χ2n) is 5.51. The fourth-order valence-electron chi connectivity index (χ4n) is 3.28. The van der Waals surface area contributed by atoms with Crippen LogP contribution in [0.15, 0.2) is 24.3 Å². The SMILES string of the molecule is O=C1CC2CCC(C1)N2Cc1ccc(C(=O)O)cc1. The van der Waals surface area contributed by atoms with Gasteiger partial charge in [0.25, 0.3) is 0 Å². The van der Waals surface area contributed by atoms with Crippen LogP contribution in [0.5, 0.6) is 0 Å². The maximum Gasteiger partial charge on any atom is 0.335 e. The van der Waals surface area contributed by atoms with Crippen LogP contribution in [0.25, 0.3) is 0 Å². The number of carboxylic acid groups (broad SMARTS) is 1. The number of nitrogens with zero attached hydrogens (tertiary/aromatic N) is 1. The third-order valence-electron chi connectivity index (χ3n) is 4.26. The minimum atomic E-state index is -0.893. The van der Waals surface area contributed by atoms with E-state index in [2.05, 4.69) is 4.90 Å². The van der Waals surface area contributed by atoms with Gasteiger partial charge in [-0.3, -0.25) is 9.69 Å². The van der Waals surface area contributed by atoms with Gasteiger partial charge in [-0.2, -0.15) is 0 Å². The predicted octanol–water partition coefficient (Wildman–Crippen LogP) is 2.08. The zero-order valence-electron chi connectivity index (χ0n) is 10.7. The van der Waals surface area contributed by atoms with Crippen LogP contribution in [-0.4, -0.2) is 33.8 Å². The monoisotopic (exact) mass is 259 g/mol. The largest absolute Gasteiger partial charge is 0.478 e. The number of carboxylic acids is 1. The summed E-state index contributed by atoms with van der Waals surface area (Å²) in [5.41, 5.74) is 1.44. The average Bonchev–Trinajstić information content (AvgIpc) is 2.62. The van der Waals surface area contributed by atoms with Gasteiger partial charge in [-0.25, -0.2) is 4.79 Å². The summed E-state index contributed by atoms with van der Waals surface area (Å²) < 4.78 is 0. The molecule has 2 fully saturated rings. The van der Waals surface area contributed by atoms with Crippen molar-refractivity contribution in [2.75, 3.05) is 0 Å². The third-order valence-corrected chi connectivity index (χ3v) is 4.26. The highest BCUT2D eigenvalue weighted by molar-refractivity contribution is 5.87. The molecular formula is C15H17NO3. The molecule has 3 rings (SSSR count). The van der Waals surface area contributed by atoms with Crippen LogP contribution >= 0.6 is 0 Å². The number of fused-ring (bicyclic) bond motifs is 2. The van der Waals surface area contributed by atoms with Gasteiger partial charge < -0.3 is 5.11 Å². The number of aromatic carboxylic acids is 1. The Morgan fingerprint density at radius 1 is 1.16 bits per heavy atom. The molecule has 100 valence electrons. The van der Waals surface area contributed by atoms with E-state index in [1.807, 2.05) is 12.1 Å². The molecule has 1 aromatic rings. The van der Waals surface area contributed by atoms with Crippen LogP contribution in [0.4, 0.5) is 0 Å². The quantitative estimate of drug-likeness (QED) is 0.903. The fourth-order valence-corrected chi connectivity index (χ4v) is 3.28. The molecule has 2 atom stereocenters. The van der Waals surface area contributed by atoms with Crippen LogP contribution in [-0.2, 0) is 11.3 Å². The first kappa shape index (κ1) is 12.4. The molecule has 0 spiro atoms. The summed E-state index contributed by atoms with van der Waals surface area (Å²) >= 11 is 0. The molecule has 0 radical (unpaired) electrons. The number of Topliss-reactive ketones (excluding diaryl/α,β-unsaturated/α-hetero) is 1. The molecule has 1 N–H and O–H groups in total. The van der Waals surface area contributed by atoms with Crippen molar-refractivity contribution >= 4 is 11.8 Å². The Labute approximate surface area is 112 Å². The van der Waals surface area contributed by atoms with Gasteiger partial charge in [0.1, 0.15) is 5.78 Å². The number of rotatable bonds is 3. The van der Waals surface area contributed by atoms with Crippen molar-refractivity contribution in [3.05, 3.63) is 35.4 Å². The summed E-state index contributed by atoms with van der Waals surface area (Å²) in [5.74, 6) is -0.500. The van der Waals surface area contributed by atoms with Crippen molar-refractivity contribution in [2.45, 2.75) is 44.3 Å². The maximum absolute atomic E-state index is 11.5. The van der Waals surface area contributed by atoms with Crippen molar-refractivity contribution < 1.29 is 14.7 Å². The van der Waals surface area contributed by atoms with Crippen LogP contribution < -0.4 is 0 Å². The second kappa shape index (κ2) is 4.78. The molecule has 2 saturated heterocycles. The normalized spacial score (nSPS) is 26.6. The first-order valence-corrected chi connectivity index (χ1v) is 6.73. The van der Waals surface area contributed by atoms with Crippen molar-refractivity contribution in [2.24, 2.45) is 0 Å². The van der Waals surface area contributed by atoms with Gasteiger partial charge in [0.05, 0.1) is 5.56 Å². The summed E-state index contributed by atoms with van der Waals surface area (Å²) in [6.45, 7) is 0.822. The topological polar surface area (TPSA) is 57.6 Å². The van der Waals surface area contributed by atoms with E-state index in [1.54, 1.807) is 12.1 Å². The lowest BCUT2D eigenvalue weighted by Gasteiger charge is -2.33. The zero-order valence-corrected chi connectivity index (χ0v) is 10.7. The molecule has 4 nitrogen and oxygen atoms in total. The Bertz CT molecular complexity index is 493. The first-order valence-electron chi connectivity index (χ1n) is 6.73. The molecule has 2 bridgehead atoms. The number of carbonyl (C=O) groups is 2. The number of hydrogen-bond acceptors (Lipinski definition) is 3. The van der Waals surface area contributed by atoms with E-state index in [9.17, 15) is 9.59 Å². The lowest BCUT2D eigenvalue weighted by atomic mass is 10.0. The molecule has 2 heterocycles. The summed E-state index contributed by atoms with van der Waals surface area (Å²) in [6, 6.07) is 7.83. The van der Waals surface area contributed by atoms with E-state index < -0.39 is 5.97 Å². The Morgan fingerprint density at radius 3 is 2.26 bits per heavy atom. The summed E-state index contributed by atoms with van der Waals surface area (Å²) in [7, 11) is 0. The molecule has 4 heteroatoms. The lowest BCUT2D eigenvalue weighted by molar-refractivity contribution is -0.123. The van der Waals surface area contributed by atoms with E-state index in [4.69, 9.17) is 5.11 Å². The minimum Gasteiger partial charge on any atom is -0.478 e. The number of hydrogen-bond donors (Lipinski definition) is 1. The van der Waals surface area contributed by atoms with Crippen molar-refractivity contribution in [1.29, 1.82) is 0 Å². The van der Waals surface area contributed by atoms with E-state index in [0.29, 0.717) is 36.3 Å². The maximum atomic E-state index is 11.5. The lowest BCUT2D eigenvalue weighted by Crippen LogP contribution is -2.42. The third kappa shape index (κ3) is 2.40. The zero-order chi connectivity index (χ0) is 13.4. The van der Waals surface area contributed by atoms with Gasteiger partial charge in [0.2, 0.25) is 0 Å². The van der Waals surface area contributed by atoms with Crippen LogP contribution in [0.1, 0.15) is 41.6 Å². The molecule has 19 heavy (non-hydrogen) atoms. The van der Waals surface area contributed by atoms with Gasteiger partial charge in [0.15, 0.2) is 0 Å². The molecular weight excluding hydrogens is 242 g/mol. The average molecular weight is 259 g/mol. The van der Waals surface area contributed by atoms with Crippen LogP contribution in [0.2, 0.25) is 0 Å². The molecule has 2 aliphatic heterocycles. The number of piperidine rings is 1. The van der Waals surface area contributed by atoms with E-state index in [-0.39, 0.29) is 0 Å². The van der Waals surface area contributed by atoms with Gasteiger partial charge in [-0.15, -0.1) is 0 Å². The Balaban J connectivity index is 1.72. The van der Waals surface area contributed by atoms with Gasteiger partial charge in [-0.1, -0.05) is 12.1 Å². The van der Waals surface area contributed by atoms with E-state index in [1.165, 1.54) is 0 Å². The molecule has 0 aromatic heterocycles. The van der Waals surface area contributed by atoms with Crippen LogP contribution in [0.3, 0.4) is 0 Å². The van der Waals surface area contributed by atoms with E-state index in [0.717, 1.165) is 24.9 Å².